The minimum Gasteiger partial charge on any atom is -0.462 e. The molecule has 5 aliphatic carbocycles. The van der Waals surface area contributed by atoms with Gasteiger partial charge in [0.25, 0.3) is 0 Å². The summed E-state index contributed by atoms with van der Waals surface area (Å²) in [5.74, 6) is -5.29. The zero-order valence-corrected chi connectivity index (χ0v) is 23.1. The number of ether oxygens (including phenoxy) is 3. The lowest BCUT2D eigenvalue weighted by atomic mass is 9.21. The smallest absolute Gasteiger partial charge is 0.332 e. The largest absolute Gasteiger partial charge is 0.462 e. The first-order valence-electron chi connectivity index (χ1n) is 14.3. The van der Waals surface area contributed by atoms with Crippen LogP contribution in [0.1, 0.15) is 52.0 Å². The van der Waals surface area contributed by atoms with Crippen molar-refractivity contribution in [3.05, 3.63) is 54.1 Å². The molecule has 2 bridgehead atoms. The highest BCUT2D eigenvalue weighted by Gasteiger charge is 2.97. The summed E-state index contributed by atoms with van der Waals surface area (Å²) < 4.78 is 18.1. The highest BCUT2D eigenvalue weighted by atomic mass is 16.6. The first-order valence-corrected chi connectivity index (χ1v) is 14.3. The number of rotatable bonds is 4. The molecular formula is C32H36O8. The average molecular weight is 549 g/mol. The molecule has 8 nitrogen and oxygen atoms in total. The number of benzene rings is 1. The van der Waals surface area contributed by atoms with E-state index in [9.17, 15) is 24.6 Å². The van der Waals surface area contributed by atoms with Crippen LogP contribution in [0, 0.1) is 39.9 Å². The summed E-state index contributed by atoms with van der Waals surface area (Å²) in [5, 5.41) is 24.3. The van der Waals surface area contributed by atoms with Crippen LogP contribution < -0.4 is 0 Å². The van der Waals surface area contributed by atoms with Crippen LogP contribution in [0.5, 0.6) is 0 Å². The fourth-order valence-corrected chi connectivity index (χ4v) is 10.5. The van der Waals surface area contributed by atoms with Crippen molar-refractivity contribution in [1.29, 1.82) is 0 Å². The van der Waals surface area contributed by atoms with Crippen molar-refractivity contribution in [2.75, 3.05) is 6.61 Å². The lowest BCUT2D eigenvalue weighted by Gasteiger charge is -2.84. The van der Waals surface area contributed by atoms with Gasteiger partial charge in [-0.3, -0.25) is 9.59 Å². The van der Waals surface area contributed by atoms with Gasteiger partial charge in [0.2, 0.25) is 5.79 Å². The van der Waals surface area contributed by atoms with Crippen LogP contribution in [-0.2, 0) is 28.6 Å². The topological polar surface area (TPSA) is 119 Å². The van der Waals surface area contributed by atoms with Crippen molar-refractivity contribution in [2.24, 2.45) is 39.9 Å². The number of hydrogen-bond acceptors (Lipinski definition) is 8. The van der Waals surface area contributed by atoms with Crippen molar-refractivity contribution in [2.45, 2.75) is 70.1 Å². The molecule has 8 heteroatoms. The average Bonchev–Trinajstić information content (AvgIpc) is 2.92. The third-order valence-corrected chi connectivity index (χ3v) is 11.6. The second-order valence-electron chi connectivity index (χ2n) is 13.5. The van der Waals surface area contributed by atoms with Gasteiger partial charge in [0, 0.05) is 30.3 Å². The van der Waals surface area contributed by atoms with E-state index in [-0.39, 0.29) is 12.5 Å². The molecule has 0 amide bonds. The molecule has 7 aliphatic rings. The monoisotopic (exact) mass is 548 g/mol. The van der Waals surface area contributed by atoms with Gasteiger partial charge in [-0.15, -0.1) is 0 Å². The molecule has 40 heavy (non-hydrogen) atoms. The maximum absolute atomic E-state index is 14.6. The van der Waals surface area contributed by atoms with Crippen LogP contribution in [0.25, 0.3) is 6.08 Å². The molecule has 2 spiro atoms. The first-order chi connectivity index (χ1) is 18.9. The van der Waals surface area contributed by atoms with Gasteiger partial charge in [-0.2, -0.15) is 0 Å². The molecule has 0 aromatic heterocycles. The first kappa shape index (κ1) is 26.1. The van der Waals surface area contributed by atoms with Gasteiger partial charge < -0.3 is 24.4 Å². The molecule has 1 aromatic rings. The van der Waals surface area contributed by atoms with E-state index in [4.69, 9.17) is 14.2 Å². The number of esters is 2. The molecule has 10 atom stereocenters. The SMILES string of the molecule is C=C1C2CCC3C45COC(O)(C(O)C4C(C)(C)CCC5OC(C)=O)C34C(=O)C1(OC(=O)C=Cc1ccccc1)C24. The van der Waals surface area contributed by atoms with E-state index in [1.807, 2.05) is 30.3 Å². The molecule has 8 rings (SSSR count). The fourth-order valence-electron chi connectivity index (χ4n) is 10.5. The summed E-state index contributed by atoms with van der Waals surface area (Å²) in [6.07, 6.45) is 3.53. The summed E-state index contributed by atoms with van der Waals surface area (Å²) in [5.41, 5.74) is -2.95. The highest BCUT2D eigenvalue weighted by Crippen LogP contribution is 2.85. The number of aliphatic hydroxyl groups is 2. The standard InChI is InChI=1S/C32H36O8/c1-17-20-11-12-21-29-16-38-32(37,26(35)25(29)28(3,4)15-14-22(29)39-18(2)33)30(21)24(20)31(17,27(30)36)40-23(34)13-10-19-8-6-5-7-9-19/h5-10,13,20-22,24-26,35,37H,1,11-12,14-16H2,2-4H3. The Bertz CT molecular complexity index is 1370. The van der Waals surface area contributed by atoms with Gasteiger partial charge in [0.1, 0.15) is 17.6 Å². The van der Waals surface area contributed by atoms with Crippen molar-refractivity contribution in [1.82, 2.24) is 0 Å². The summed E-state index contributed by atoms with van der Waals surface area (Å²) in [6.45, 7) is 9.75. The molecule has 0 radical (unpaired) electrons. The predicted molar refractivity (Wildman–Crippen MR) is 142 cm³/mol. The molecular weight excluding hydrogens is 512 g/mol. The third kappa shape index (κ3) is 2.67. The van der Waals surface area contributed by atoms with Gasteiger partial charge in [0.15, 0.2) is 11.4 Å². The lowest BCUT2D eigenvalue weighted by Crippen LogP contribution is -2.97. The van der Waals surface area contributed by atoms with Gasteiger partial charge in [-0.1, -0.05) is 50.8 Å². The summed E-state index contributed by atoms with van der Waals surface area (Å²) in [6, 6.07) is 9.29. The molecule has 7 fully saturated rings. The molecule has 2 saturated heterocycles. The Hall–Kier alpha value is -2.81. The second-order valence-corrected chi connectivity index (χ2v) is 13.5. The van der Waals surface area contributed by atoms with Gasteiger partial charge >= 0.3 is 11.9 Å². The van der Waals surface area contributed by atoms with Crippen molar-refractivity contribution < 1.29 is 38.8 Å². The summed E-state index contributed by atoms with van der Waals surface area (Å²) in [7, 11) is 0. The minimum absolute atomic E-state index is 0.0806. The van der Waals surface area contributed by atoms with E-state index in [0.717, 1.165) is 5.56 Å². The van der Waals surface area contributed by atoms with E-state index in [0.29, 0.717) is 31.3 Å². The Morgan fingerprint density at radius 1 is 1.12 bits per heavy atom. The third-order valence-electron chi connectivity index (χ3n) is 11.6. The molecule has 2 heterocycles. The number of carbonyl (C=O) groups is 3. The minimum atomic E-state index is -2.14. The molecule has 2 aliphatic heterocycles. The van der Waals surface area contributed by atoms with E-state index < -0.39 is 75.3 Å². The Morgan fingerprint density at radius 2 is 1.85 bits per heavy atom. The van der Waals surface area contributed by atoms with E-state index in [1.165, 1.54) is 13.0 Å². The number of carbonyl (C=O) groups excluding carboxylic acids is 3. The molecule has 212 valence electrons. The number of fused-ring (bicyclic) bond motifs is 1. The van der Waals surface area contributed by atoms with E-state index in [1.54, 1.807) is 6.08 Å². The Balaban J connectivity index is 1.31. The second kappa shape index (κ2) is 7.93. The van der Waals surface area contributed by atoms with Crippen molar-refractivity contribution >= 4 is 23.8 Å². The molecule has 5 saturated carbocycles. The van der Waals surface area contributed by atoms with Gasteiger partial charge in [0.05, 0.1) is 6.61 Å². The maximum Gasteiger partial charge on any atom is 0.332 e. The molecule has 10 unspecified atom stereocenters. The predicted octanol–water partition coefficient (Wildman–Crippen LogP) is 3.21. The quantitative estimate of drug-likeness (QED) is 0.335. The van der Waals surface area contributed by atoms with Crippen molar-refractivity contribution in [3.8, 4) is 0 Å². The number of hydrogen-bond donors (Lipinski definition) is 2. The van der Waals surface area contributed by atoms with Crippen LogP contribution in [0.15, 0.2) is 48.6 Å². The number of ketones is 1. The lowest BCUT2D eigenvalue weighted by molar-refractivity contribution is -0.483. The van der Waals surface area contributed by atoms with Crippen LogP contribution in [-0.4, -0.2) is 58.1 Å². The maximum atomic E-state index is 14.6. The van der Waals surface area contributed by atoms with E-state index >= 15 is 0 Å². The highest BCUT2D eigenvalue weighted by molar-refractivity contribution is 6.09. The van der Waals surface area contributed by atoms with Crippen LogP contribution in [0.4, 0.5) is 0 Å². The van der Waals surface area contributed by atoms with Crippen LogP contribution in [0.3, 0.4) is 0 Å². The Kier molecular flexibility index (Phi) is 5.17. The van der Waals surface area contributed by atoms with Gasteiger partial charge in [-0.05, 0) is 60.1 Å². The summed E-state index contributed by atoms with van der Waals surface area (Å²) in [4.78, 5) is 39.9. The number of aliphatic hydroxyl groups excluding tert-OH is 1. The van der Waals surface area contributed by atoms with Crippen LogP contribution >= 0.6 is 0 Å². The Labute approximate surface area is 233 Å². The molecule has 2 N–H and O–H groups in total. The zero-order valence-electron chi connectivity index (χ0n) is 23.1. The Morgan fingerprint density at radius 3 is 2.55 bits per heavy atom. The zero-order chi connectivity index (χ0) is 28.5. The molecule has 1 aromatic carbocycles. The van der Waals surface area contributed by atoms with E-state index in [2.05, 4.69) is 20.4 Å². The van der Waals surface area contributed by atoms with Crippen LogP contribution in [0.2, 0.25) is 0 Å². The summed E-state index contributed by atoms with van der Waals surface area (Å²) >= 11 is 0. The fraction of sp³-hybridized carbons (Fsp3) is 0.594. The van der Waals surface area contributed by atoms with Crippen molar-refractivity contribution in [3.63, 3.8) is 0 Å². The normalized spacial score (nSPS) is 47.3. The van der Waals surface area contributed by atoms with Gasteiger partial charge in [-0.25, -0.2) is 4.79 Å². The number of Topliss-reactive ketones (excluding diaryl/α,β-unsaturated/α-hetero) is 1.